The van der Waals surface area contributed by atoms with Crippen LogP contribution in [0, 0.1) is 0 Å². The molecule has 0 bridgehead atoms. The summed E-state index contributed by atoms with van der Waals surface area (Å²) in [6.07, 6.45) is 53.0. The van der Waals surface area contributed by atoms with Gasteiger partial charge in [-0.3, -0.25) is 4.79 Å². The molecule has 83 heavy (non-hydrogen) atoms. The molecule has 2 aliphatic heterocycles. The number of hydrogen-bond donors (Lipinski definition) is 9. The van der Waals surface area contributed by atoms with Gasteiger partial charge in [0.05, 0.1) is 32.0 Å². The molecule has 0 radical (unpaired) electrons. The molecular weight excluding hydrogens is 1050 g/mol. The normalized spacial score (nSPS) is 24.0. The van der Waals surface area contributed by atoms with Crippen molar-refractivity contribution in [2.45, 2.75) is 376 Å². The number of aliphatic hydroxyl groups is 8. The Morgan fingerprint density at radius 2 is 0.783 bits per heavy atom. The fraction of sp³-hybridized carbons (Fsp3) is 0.899. The van der Waals surface area contributed by atoms with Gasteiger partial charge in [0.15, 0.2) is 12.6 Å². The summed E-state index contributed by atoms with van der Waals surface area (Å²) in [5, 5.41) is 86.8. The molecule has 0 spiro atoms. The van der Waals surface area contributed by atoms with Gasteiger partial charge in [-0.05, 0) is 51.4 Å². The van der Waals surface area contributed by atoms with Crippen molar-refractivity contribution in [1.82, 2.24) is 5.32 Å². The summed E-state index contributed by atoms with van der Waals surface area (Å²) in [7, 11) is 0. The quantitative estimate of drug-likeness (QED) is 0.0204. The predicted octanol–water partition coefficient (Wildman–Crippen LogP) is 13.7. The first kappa shape index (κ1) is 77.3. The van der Waals surface area contributed by atoms with E-state index >= 15 is 0 Å². The lowest BCUT2D eigenvalue weighted by atomic mass is 9.97. The van der Waals surface area contributed by atoms with E-state index < -0.39 is 86.8 Å². The molecule has 9 N–H and O–H groups in total. The van der Waals surface area contributed by atoms with Gasteiger partial charge in [0.2, 0.25) is 5.91 Å². The van der Waals surface area contributed by atoms with E-state index in [2.05, 4.69) is 43.5 Å². The Hall–Kier alpha value is -1.79. The van der Waals surface area contributed by atoms with Crippen LogP contribution in [0.1, 0.15) is 303 Å². The molecular formula is C69H129NO13. The van der Waals surface area contributed by atoms with E-state index in [4.69, 9.17) is 18.9 Å². The Bertz CT molecular complexity index is 1530. The summed E-state index contributed by atoms with van der Waals surface area (Å²) in [6, 6.07) is -0.927. The van der Waals surface area contributed by atoms with Crippen molar-refractivity contribution in [1.29, 1.82) is 0 Å². The minimum absolute atomic E-state index is 0.248. The highest BCUT2D eigenvalue weighted by molar-refractivity contribution is 5.76. The van der Waals surface area contributed by atoms with E-state index in [-0.39, 0.29) is 18.9 Å². The molecule has 0 saturated carbocycles. The van der Waals surface area contributed by atoms with Crippen LogP contribution < -0.4 is 5.32 Å². The maximum absolute atomic E-state index is 13.2. The molecule has 2 saturated heterocycles. The Labute approximate surface area is 506 Å². The third-order valence-corrected chi connectivity index (χ3v) is 17.0. The molecule has 2 fully saturated rings. The molecule has 12 unspecified atom stereocenters. The molecule has 14 nitrogen and oxygen atoms in total. The van der Waals surface area contributed by atoms with Gasteiger partial charge in [-0.2, -0.15) is 0 Å². The van der Waals surface area contributed by atoms with Crippen LogP contribution in [-0.2, 0) is 23.7 Å². The van der Waals surface area contributed by atoms with Gasteiger partial charge in [-0.25, -0.2) is 0 Å². The molecule has 2 aliphatic rings. The second-order valence-electron chi connectivity index (χ2n) is 24.6. The van der Waals surface area contributed by atoms with Gasteiger partial charge in [0.25, 0.3) is 0 Å². The monoisotopic (exact) mass is 1180 g/mol. The van der Waals surface area contributed by atoms with Crippen LogP contribution in [-0.4, -0.2) is 140 Å². The number of rotatable bonds is 57. The number of allylic oxidation sites excluding steroid dienone is 5. The fourth-order valence-corrected chi connectivity index (χ4v) is 11.5. The number of hydrogen-bond acceptors (Lipinski definition) is 13. The average Bonchev–Trinajstić information content (AvgIpc) is 3.52. The number of unbranched alkanes of at least 4 members (excludes halogenated alkanes) is 40. The zero-order chi connectivity index (χ0) is 60.2. The number of nitrogens with one attached hydrogen (secondary N) is 1. The Balaban J connectivity index is 1.47. The van der Waals surface area contributed by atoms with Gasteiger partial charge >= 0.3 is 0 Å². The van der Waals surface area contributed by atoms with Crippen LogP contribution in [0.15, 0.2) is 36.5 Å². The Morgan fingerprint density at radius 1 is 0.422 bits per heavy atom. The second kappa shape index (κ2) is 54.4. The second-order valence-corrected chi connectivity index (χ2v) is 24.6. The number of carbonyl (C=O) groups excluding carboxylic acids is 1. The minimum atomic E-state index is -1.79. The van der Waals surface area contributed by atoms with Gasteiger partial charge in [0.1, 0.15) is 48.8 Å². The van der Waals surface area contributed by atoms with Gasteiger partial charge in [0, 0.05) is 6.42 Å². The summed E-state index contributed by atoms with van der Waals surface area (Å²) >= 11 is 0. The van der Waals surface area contributed by atoms with E-state index in [0.717, 1.165) is 44.9 Å². The zero-order valence-electron chi connectivity index (χ0n) is 53.0. The lowest BCUT2D eigenvalue weighted by Crippen LogP contribution is -2.65. The number of carbonyl (C=O) groups is 1. The fourth-order valence-electron chi connectivity index (χ4n) is 11.5. The summed E-state index contributed by atoms with van der Waals surface area (Å²) in [6.45, 7) is 2.71. The van der Waals surface area contributed by atoms with Crippen molar-refractivity contribution in [3.63, 3.8) is 0 Å². The van der Waals surface area contributed by atoms with Crippen molar-refractivity contribution in [2.75, 3.05) is 19.8 Å². The van der Waals surface area contributed by atoms with Crippen molar-refractivity contribution < 1.29 is 64.6 Å². The summed E-state index contributed by atoms with van der Waals surface area (Å²) in [4.78, 5) is 13.2. The van der Waals surface area contributed by atoms with Crippen molar-refractivity contribution >= 4 is 5.91 Å². The standard InChI is InChI=1S/C69H129NO13/c1-3-5-7-9-11-13-14-15-16-17-18-19-20-21-22-23-24-25-26-27-28-29-30-31-32-33-34-35-36-37-38-39-40-41-42-43-44-45-47-49-51-53-61(74)70-57(58(73)52-50-48-46-12-10-8-6-4-2)56-80-68-66(79)64(77)67(60(55-72)82-68)83-69-65(78)63(76)62(75)59(54-71)81-69/h10,12,17-18,50,52,57-60,62-69,71-73,75-79H,3-9,11,13-16,19-49,51,53-56H2,1-2H3,(H,70,74)/b12-10+,18-17-,52-50+. The van der Waals surface area contributed by atoms with Crippen LogP contribution in [0.3, 0.4) is 0 Å². The zero-order valence-corrected chi connectivity index (χ0v) is 53.0. The smallest absolute Gasteiger partial charge is 0.220 e. The van der Waals surface area contributed by atoms with E-state index in [1.54, 1.807) is 6.08 Å². The average molecular weight is 1180 g/mol. The van der Waals surface area contributed by atoms with Crippen molar-refractivity contribution in [2.24, 2.45) is 0 Å². The summed E-state index contributed by atoms with van der Waals surface area (Å²) < 4.78 is 22.7. The number of amides is 1. The first-order chi connectivity index (χ1) is 40.6. The van der Waals surface area contributed by atoms with Crippen LogP contribution in [0.5, 0.6) is 0 Å². The van der Waals surface area contributed by atoms with Gasteiger partial charge in [-0.1, -0.05) is 281 Å². The highest BCUT2D eigenvalue weighted by Gasteiger charge is 2.51. The van der Waals surface area contributed by atoms with Crippen LogP contribution in [0.4, 0.5) is 0 Å². The molecule has 0 aromatic carbocycles. The van der Waals surface area contributed by atoms with Crippen molar-refractivity contribution in [3.05, 3.63) is 36.5 Å². The van der Waals surface area contributed by atoms with Crippen molar-refractivity contribution in [3.8, 4) is 0 Å². The summed E-state index contributed by atoms with van der Waals surface area (Å²) in [5.74, 6) is -0.248. The van der Waals surface area contributed by atoms with E-state index in [1.165, 1.54) is 225 Å². The third-order valence-electron chi connectivity index (χ3n) is 17.0. The van der Waals surface area contributed by atoms with E-state index in [0.29, 0.717) is 12.8 Å². The highest BCUT2D eigenvalue weighted by atomic mass is 16.7. The Morgan fingerprint density at radius 3 is 1.22 bits per heavy atom. The highest BCUT2D eigenvalue weighted by Crippen LogP contribution is 2.30. The van der Waals surface area contributed by atoms with Gasteiger partial charge in [-0.15, -0.1) is 0 Å². The topological polar surface area (TPSA) is 228 Å². The molecule has 1 amide bonds. The maximum Gasteiger partial charge on any atom is 0.220 e. The predicted molar refractivity (Wildman–Crippen MR) is 337 cm³/mol. The Kier molecular flexibility index (Phi) is 50.6. The third kappa shape index (κ3) is 39.0. The first-order valence-corrected chi connectivity index (χ1v) is 34.7. The lowest BCUT2D eigenvalue weighted by molar-refractivity contribution is -0.359. The van der Waals surface area contributed by atoms with Crippen LogP contribution in [0.2, 0.25) is 0 Å². The molecule has 2 heterocycles. The number of ether oxygens (including phenoxy) is 4. The maximum atomic E-state index is 13.2. The molecule has 0 aromatic rings. The molecule has 14 heteroatoms. The summed E-state index contributed by atoms with van der Waals surface area (Å²) in [5.41, 5.74) is 0. The minimum Gasteiger partial charge on any atom is -0.394 e. The van der Waals surface area contributed by atoms with E-state index in [1.807, 2.05) is 6.08 Å². The molecule has 0 aromatic heterocycles. The number of aliphatic hydroxyl groups excluding tert-OH is 8. The van der Waals surface area contributed by atoms with E-state index in [9.17, 15) is 45.6 Å². The lowest BCUT2D eigenvalue weighted by Gasteiger charge is -2.46. The van der Waals surface area contributed by atoms with Gasteiger partial charge < -0.3 is 65.1 Å². The molecule has 0 aliphatic carbocycles. The first-order valence-electron chi connectivity index (χ1n) is 34.7. The van der Waals surface area contributed by atoms with Crippen LogP contribution >= 0.6 is 0 Å². The molecule has 12 atom stereocenters. The molecule has 2 rings (SSSR count). The molecule has 488 valence electrons. The SMILES string of the molecule is CCCC/C=C/CC/C=C/C(O)C(COC1OC(CO)C(OC2OC(CO)C(O)C(O)C2O)C(O)C1O)NC(=O)CCCCCCCCCCCCCCCCCCCCCCCCCCCCCCC/C=C\CCCCCCCCCC. The van der Waals surface area contributed by atoms with Crippen LogP contribution in [0.25, 0.3) is 0 Å². The largest absolute Gasteiger partial charge is 0.394 e.